The number of carbonyl (C=O) groups excluding carboxylic acids is 2. The molecule has 3 aromatic rings. The quantitative estimate of drug-likeness (QED) is 0.631. The summed E-state index contributed by atoms with van der Waals surface area (Å²) in [7, 11) is 0. The van der Waals surface area contributed by atoms with E-state index in [1.54, 1.807) is 13.0 Å². The maximum absolute atomic E-state index is 13.1. The van der Waals surface area contributed by atoms with Crippen molar-refractivity contribution in [3.63, 3.8) is 0 Å². The summed E-state index contributed by atoms with van der Waals surface area (Å²) in [6.07, 6.45) is 0. The first-order valence-corrected chi connectivity index (χ1v) is 9.16. The van der Waals surface area contributed by atoms with Gasteiger partial charge in [-0.05, 0) is 61.9 Å². The van der Waals surface area contributed by atoms with Gasteiger partial charge in [-0.1, -0.05) is 15.9 Å². The highest BCUT2D eigenvalue weighted by molar-refractivity contribution is 9.10. The Hall–Kier alpha value is -3.07. The molecule has 1 aromatic heterocycles. The predicted molar refractivity (Wildman–Crippen MR) is 106 cm³/mol. The summed E-state index contributed by atoms with van der Waals surface area (Å²) in [6, 6.07) is 11.1. The van der Waals surface area contributed by atoms with E-state index in [2.05, 4.69) is 36.6 Å². The van der Waals surface area contributed by atoms with Crippen LogP contribution in [0, 0.1) is 19.7 Å². The minimum absolute atomic E-state index is 0.0746. The molecular formula is C19H17BrFN5O2. The summed E-state index contributed by atoms with van der Waals surface area (Å²) in [6.45, 7) is 3.32. The van der Waals surface area contributed by atoms with Crippen molar-refractivity contribution in [2.24, 2.45) is 0 Å². The monoisotopic (exact) mass is 445 g/mol. The predicted octanol–water partition coefficient (Wildman–Crippen LogP) is 3.15. The minimum Gasteiger partial charge on any atom is -0.340 e. The second-order valence-electron chi connectivity index (χ2n) is 6.06. The Bertz CT molecular complexity index is 1030. The number of halogens is 2. The van der Waals surface area contributed by atoms with E-state index in [9.17, 15) is 14.0 Å². The van der Waals surface area contributed by atoms with E-state index in [-0.39, 0.29) is 24.1 Å². The number of benzene rings is 2. The number of amides is 2. The van der Waals surface area contributed by atoms with Crippen LogP contribution in [0.2, 0.25) is 0 Å². The average molecular weight is 446 g/mol. The number of rotatable bonds is 5. The summed E-state index contributed by atoms with van der Waals surface area (Å²) >= 11 is 3.36. The van der Waals surface area contributed by atoms with Gasteiger partial charge in [0.05, 0.1) is 12.2 Å². The Balaban J connectivity index is 1.62. The lowest BCUT2D eigenvalue weighted by atomic mass is 10.2. The third-order valence-corrected chi connectivity index (χ3v) is 4.41. The van der Waals surface area contributed by atoms with Gasteiger partial charge in [-0.15, -0.1) is 5.10 Å². The van der Waals surface area contributed by atoms with E-state index in [0.29, 0.717) is 17.2 Å². The van der Waals surface area contributed by atoms with Crippen molar-refractivity contribution in [2.75, 3.05) is 11.9 Å². The molecule has 2 amide bonds. The number of hydrogen-bond donors (Lipinski definition) is 2. The SMILES string of the molecule is Cc1cc(Br)ccc1NC(=O)CNC(=O)c1nc(C)n(-c2ccc(F)cc2)n1. The Morgan fingerprint density at radius 2 is 1.86 bits per heavy atom. The van der Waals surface area contributed by atoms with Gasteiger partial charge < -0.3 is 10.6 Å². The van der Waals surface area contributed by atoms with Crippen LogP contribution in [0.1, 0.15) is 22.0 Å². The zero-order valence-electron chi connectivity index (χ0n) is 15.2. The molecule has 0 fully saturated rings. The van der Waals surface area contributed by atoms with Crippen LogP contribution in [0.3, 0.4) is 0 Å². The lowest BCUT2D eigenvalue weighted by Crippen LogP contribution is -2.33. The fourth-order valence-electron chi connectivity index (χ4n) is 2.51. The van der Waals surface area contributed by atoms with E-state index < -0.39 is 5.91 Å². The van der Waals surface area contributed by atoms with Gasteiger partial charge >= 0.3 is 0 Å². The van der Waals surface area contributed by atoms with E-state index in [1.165, 1.54) is 28.9 Å². The molecule has 9 heteroatoms. The molecule has 2 aromatic carbocycles. The Kier molecular flexibility index (Phi) is 5.84. The molecule has 28 heavy (non-hydrogen) atoms. The highest BCUT2D eigenvalue weighted by Gasteiger charge is 2.16. The van der Waals surface area contributed by atoms with Gasteiger partial charge in [-0.3, -0.25) is 9.59 Å². The highest BCUT2D eigenvalue weighted by atomic mass is 79.9. The van der Waals surface area contributed by atoms with E-state index in [1.807, 2.05) is 19.1 Å². The first-order valence-electron chi connectivity index (χ1n) is 8.37. The van der Waals surface area contributed by atoms with Crippen LogP contribution in [0.15, 0.2) is 46.9 Å². The largest absolute Gasteiger partial charge is 0.340 e. The summed E-state index contributed by atoms with van der Waals surface area (Å²) in [4.78, 5) is 28.5. The Morgan fingerprint density at radius 1 is 1.14 bits per heavy atom. The molecule has 0 bridgehead atoms. The van der Waals surface area contributed by atoms with Gasteiger partial charge in [0.2, 0.25) is 11.7 Å². The molecular weight excluding hydrogens is 429 g/mol. The molecule has 7 nitrogen and oxygen atoms in total. The van der Waals surface area contributed by atoms with Crippen molar-refractivity contribution < 1.29 is 14.0 Å². The van der Waals surface area contributed by atoms with Gasteiger partial charge in [0.1, 0.15) is 11.6 Å². The molecule has 0 atom stereocenters. The molecule has 0 saturated heterocycles. The second-order valence-corrected chi connectivity index (χ2v) is 6.98. The normalized spacial score (nSPS) is 10.6. The summed E-state index contributed by atoms with van der Waals surface area (Å²) in [5.41, 5.74) is 2.13. The molecule has 0 unspecified atom stereocenters. The molecule has 3 rings (SSSR count). The Morgan fingerprint density at radius 3 is 2.54 bits per heavy atom. The van der Waals surface area contributed by atoms with Crippen molar-refractivity contribution in [1.29, 1.82) is 0 Å². The smallest absolute Gasteiger partial charge is 0.291 e. The highest BCUT2D eigenvalue weighted by Crippen LogP contribution is 2.19. The topological polar surface area (TPSA) is 88.9 Å². The van der Waals surface area contributed by atoms with Crippen molar-refractivity contribution in [2.45, 2.75) is 13.8 Å². The van der Waals surface area contributed by atoms with Gasteiger partial charge in [-0.2, -0.15) is 0 Å². The van der Waals surface area contributed by atoms with Crippen molar-refractivity contribution in [3.05, 3.63) is 70.0 Å². The molecule has 0 spiro atoms. The number of aromatic nitrogens is 3. The van der Waals surface area contributed by atoms with E-state index in [0.717, 1.165) is 10.0 Å². The lowest BCUT2D eigenvalue weighted by Gasteiger charge is -2.09. The molecule has 0 aliphatic rings. The van der Waals surface area contributed by atoms with Crippen LogP contribution in [-0.4, -0.2) is 33.1 Å². The van der Waals surface area contributed by atoms with Crippen LogP contribution >= 0.6 is 15.9 Å². The van der Waals surface area contributed by atoms with E-state index >= 15 is 0 Å². The van der Waals surface area contributed by atoms with Gasteiger partial charge in [-0.25, -0.2) is 14.1 Å². The number of hydrogen-bond acceptors (Lipinski definition) is 4. The molecule has 2 N–H and O–H groups in total. The maximum Gasteiger partial charge on any atom is 0.291 e. The number of nitrogens with one attached hydrogen (secondary N) is 2. The van der Waals surface area contributed by atoms with Gasteiger partial charge in [0, 0.05) is 10.2 Å². The van der Waals surface area contributed by atoms with Gasteiger partial charge in [0.15, 0.2) is 0 Å². The molecule has 0 aliphatic heterocycles. The maximum atomic E-state index is 13.1. The molecule has 0 radical (unpaired) electrons. The number of carbonyl (C=O) groups is 2. The number of nitrogens with zero attached hydrogens (tertiary/aromatic N) is 3. The fourth-order valence-corrected chi connectivity index (χ4v) is 2.99. The second kappa shape index (κ2) is 8.30. The number of anilines is 1. The zero-order valence-corrected chi connectivity index (χ0v) is 16.7. The summed E-state index contributed by atoms with van der Waals surface area (Å²) < 4.78 is 15.4. The van der Waals surface area contributed by atoms with E-state index in [4.69, 9.17) is 0 Å². The fraction of sp³-hybridized carbons (Fsp3) is 0.158. The van der Waals surface area contributed by atoms with Crippen molar-refractivity contribution in [3.8, 4) is 5.69 Å². The first-order chi connectivity index (χ1) is 13.3. The summed E-state index contributed by atoms with van der Waals surface area (Å²) in [5.74, 6) is -0.923. The average Bonchev–Trinajstić information content (AvgIpc) is 3.04. The molecule has 144 valence electrons. The van der Waals surface area contributed by atoms with Crippen molar-refractivity contribution >= 4 is 33.4 Å². The summed E-state index contributed by atoms with van der Waals surface area (Å²) in [5, 5.41) is 9.36. The number of aryl methyl sites for hydroxylation is 2. The van der Waals surface area contributed by atoms with Gasteiger partial charge in [0.25, 0.3) is 5.91 Å². The lowest BCUT2D eigenvalue weighted by molar-refractivity contribution is -0.115. The third-order valence-electron chi connectivity index (χ3n) is 3.92. The van der Waals surface area contributed by atoms with Crippen LogP contribution in [0.4, 0.5) is 10.1 Å². The van der Waals surface area contributed by atoms with Crippen molar-refractivity contribution in [1.82, 2.24) is 20.1 Å². The third kappa shape index (κ3) is 4.61. The van der Waals surface area contributed by atoms with Crippen LogP contribution in [0.25, 0.3) is 5.69 Å². The Labute approximate surface area is 169 Å². The molecule has 0 aliphatic carbocycles. The minimum atomic E-state index is -0.577. The first kappa shape index (κ1) is 19.7. The zero-order chi connectivity index (χ0) is 20.3. The molecule has 0 saturated carbocycles. The molecule has 1 heterocycles. The van der Waals surface area contributed by atoms with Crippen LogP contribution < -0.4 is 10.6 Å². The standard InChI is InChI=1S/C19H17BrFN5O2/c1-11-9-13(20)3-8-16(11)24-17(27)10-22-19(28)18-23-12(2)26(25-18)15-6-4-14(21)5-7-15/h3-9H,10H2,1-2H3,(H,22,28)(H,24,27). The van der Waals surface area contributed by atoms with Crippen LogP contribution in [-0.2, 0) is 4.79 Å². The van der Waals surface area contributed by atoms with Crippen LogP contribution in [0.5, 0.6) is 0 Å².